The fourth-order valence-corrected chi connectivity index (χ4v) is 3.25. The average molecular weight is 611 g/mol. The van der Waals surface area contributed by atoms with Crippen molar-refractivity contribution in [3.05, 3.63) is 12.2 Å². The highest BCUT2D eigenvalue weighted by molar-refractivity contribution is 7.92. The van der Waals surface area contributed by atoms with Gasteiger partial charge in [-0.2, -0.15) is 74.6 Å². The first kappa shape index (κ1) is 34.9. The lowest BCUT2D eigenvalue weighted by Gasteiger charge is -2.42. The third kappa shape index (κ3) is 5.03. The van der Waals surface area contributed by atoms with Crippen molar-refractivity contribution >= 4 is 15.8 Å². The van der Waals surface area contributed by atoms with Crippen LogP contribution in [0.3, 0.4) is 0 Å². The molecule has 0 rings (SSSR count). The summed E-state index contributed by atoms with van der Waals surface area (Å²) in [6, 6.07) is 0. The van der Waals surface area contributed by atoms with Gasteiger partial charge in [0.05, 0.1) is 5.75 Å². The second-order valence-electron chi connectivity index (χ2n) is 6.75. The fourth-order valence-electron chi connectivity index (χ4n) is 1.98. The van der Waals surface area contributed by atoms with Gasteiger partial charge in [-0.1, -0.05) is 6.58 Å². The highest BCUT2D eigenvalue weighted by Gasteiger charge is 2.96. The van der Waals surface area contributed by atoms with Crippen molar-refractivity contribution in [2.24, 2.45) is 5.73 Å². The van der Waals surface area contributed by atoms with Crippen LogP contribution in [0, 0.1) is 0 Å². The van der Waals surface area contributed by atoms with Gasteiger partial charge in [0.1, 0.15) is 6.61 Å². The van der Waals surface area contributed by atoms with Crippen LogP contribution in [-0.2, 0) is 19.4 Å². The Morgan fingerprint density at radius 1 is 0.649 bits per heavy atom. The number of rotatable bonds is 12. The fraction of sp³-hybridized carbons (Fsp3) is 0.786. The molecule has 0 fully saturated rings. The van der Waals surface area contributed by atoms with E-state index in [9.17, 15) is 87.8 Å². The quantitative estimate of drug-likeness (QED) is 0.201. The van der Waals surface area contributed by atoms with Gasteiger partial charge in [-0.05, 0) is 0 Å². The summed E-state index contributed by atoms with van der Waals surface area (Å²) in [5, 5.41) is -7.72. The smallest absolute Gasteiger partial charge is 0.460 e. The molecule has 0 radical (unpaired) electrons. The molecule has 0 saturated carbocycles. The van der Waals surface area contributed by atoms with E-state index in [1.807, 2.05) is 0 Å². The Morgan fingerprint density at radius 3 is 1.30 bits per heavy atom. The van der Waals surface area contributed by atoms with E-state index in [-0.39, 0.29) is 0 Å². The summed E-state index contributed by atoms with van der Waals surface area (Å²) in [4.78, 5) is 11.2. The summed E-state index contributed by atoms with van der Waals surface area (Å²) < 4.78 is 251. The van der Waals surface area contributed by atoms with Gasteiger partial charge < -0.3 is 10.5 Å². The number of alkyl halides is 17. The van der Waals surface area contributed by atoms with Gasteiger partial charge >= 0.3 is 52.9 Å². The van der Waals surface area contributed by atoms with Gasteiger partial charge in [-0.3, -0.25) is 0 Å². The first-order valence-corrected chi connectivity index (χ1v) is 10.0. The minimum Gasteiger partial charge on any atom is -0.461 e. The van der Waals surface area contributed by atoms with Crippen LogP contribution in [0.2, 0.25) is 0 Å². The van der Waals surface area contributed by atoms with Crippen LogP contribution in [-0.4, -0.2) is 80.3 Å². The molecular weight excluding hydrogens is 601 g/mol. The molecule has 0 amide bonds. The third-order valence-corrected chi connectivity index (χ3v) is 5.85. The first-order valence-electron chi connectivity index (χ1n) is 8.35. The number of carbonyl (C=O) groups is 1. The molecule has 220 valence electrons. The Kier molecular flexibility index (Phi) is 9.06. The standard InChI is InChI=1S/C14H10F17NO4S/c1-5(6(33)36-3-2-32)4-37(34,35)14(30,31)12(25,26)10(21,22)8(17,18)7(15,16)9(19,20)11(23,24)13(27,28)29/h1-4,32H2. The molecule has 0 aromatic carbocycles. The van der Waals surface area contributed by atoms with E-state index in [1.54, 1.807) is 0 Å². The van der Waals surface area contributed by atoms with Crippen molar-refractivity contribution in [3.8, 4) is 0 Å². The molecule has 0 aliphatic carbocycles. The molecular formula is C14H10F17NO4S. The highest BCUT2D eigenvalue weighted by Crippen LogP contribution is 2.64. The van der Waals surface area contributed by atoms with E-state index < -0.39 is 87.3 Å². The van der Waals surface area contributed by atoms with Crippen LogP contribution in [0.4, 0.5) is 74.6 Å². The molecule has 0 aliphatic heterocycles. The van der Waals surface area contributed by atoms with Crippen LogP contribution in [0.1, 0.15) is 0 Å². The lowest BCUT2D eigenvalue weighted by molar-refractivity contribution is -0.458. The molecule has 0 aromatic rings. The van der Waals surface area contributed by atoms with Crippen LogP contribution in [0.25, 0.3) is 0 Å². The second-order valence-corrected chi connectivity index (χ2v) is 8.78. The Labute approximate surface area is 193 Å². The van der Waals surface area contributed by atoms with Crippen LogP contribution >= 0.6 is 0 Å². The molecule has 0 heterocycles. The minimum atomic E-state index is -8.93. The molecule has 37 heavy (non-hydrogen) atoms. The molecule has 0 aromatic heterocycles. The average Bonchev–Trinajstić information content (AvgIpc) is 2.69. The maximum Gasteiger partial charge on any atom is 0.460 e. The lowest BCUT2D eigenvalue weighted by atomic mass is 9.91. The Hall–Kier alpha value is -2.07. The zero-order valence-corrected chi connectivity index (χ0v) is 17.7. The minimum absolute atomic E-state index is 0.534. The largest absolute Gasteiger partial charge is 0.461 e. The topological polar surface area (TPSA) is 86.5 Å². The molecule has 0 unspecified atom stereocenters. The van der Waals surface area contributed by atoms with Gasteiger partial charge in [0.25, 0.3) is 0 Å². The highest BCUT2D eigenvalue weighted by atomic mass is 32.2. The van der Waals surface area contributed by atoms with Crippen molar-refractivity contribution in [2.75, 3.05) is 18.9 Å². The van der Waals surface area contributed by atoms with Gasteiger partial charge in [0, 0.05) is 12.1 Å². The summed E-state index contributed by atoms with van der Waals surface area (Å²) in [6.07, 6.45) is -7.92. The van der Waals surface area contributed by atoms with Crippen LogP contribution in [0.5, 0.6) is 0 Å². The molecule has 0 spiro atoms. The van der Waals surface area contributed by atoms with E-state index in [2.05, 4.69) is 11.3 Å². The van der Waals surface area contributed by atoms with Crippen molar-refractivity contribution < 1.29 is 92.6 Å². The van der Waals surface area contributed by atoms with E-state index >= 15 is 0 Å². The van der Waals surface area contributed by atoms with Crippen LogP contribution < -0.4 is 5.73 Å². The Balaban J connectivity index is 6.76. The SMILES string of the molecule is C=C(CS(=O)(=O)C(F)(F)C(F)(F)C(F)(F)C(F)(F)C(F)(F)C(F)(F)C(F)(F)C(F)(F)F)C(=O)OCCN. The molecule has 0 bridgehead atoms. The van der Waals surface area contributed by atoms with Crippen molar-refractivity contribution in [2.45, 2.75) is 47.0 Å². The number of esters is 1. The van der Waals surface area contributed by atoms with Gasteiger partial charge in [0.2, 0.25) is 9.84 Å². The second kappa shape index (κ2) is 9.59. The summed E-state index contributed by atoms with van der Waals surface area (Å²) in [5.41, 5.74) is 3.01. The monoisotopic (exact) mass is 611 g/mol. The van der Waals surface area contributed by atoms with E-state index in [4.69, 9.17) is 5.73 Å². The lowest BCUT2D eigenvalue weighted by Crippen LogP contribution is -2.75. The third-order valence-electron chi connectivity index (χ3n) is 4.09. The zero-order valence-electron chi connectivity index (χ0n) is 16.9. The number of hydrogen-bond acceptors (Lipinski definition) is 5. The van der Waals surface area contributed by atoms with Crippen LogP contribution in [0.15, 0.2) is 12.2 Å². The first-order chi connectivity index (χ1) is 15.9. The molecule has 5 nitrogen and oxygen atoms in total. The molecule has 0 atom stereocenters. The van der Waals surface area contributed by atoms with E-state index in [1.165, 1.54) is 0 Å². The number of hydrogen-bond donors (Lipinski definition) is 1. The molecule has 0 saturated heterocycles. The Morgan fingerprint density at radius 2 is 0.973 bits per heavy atom. The predicted octanol–water partition coefficient (Wildman–Crippen LogP) is 4.43. The number of ether oxygens (including phenoxy) is 1. The predicted molar refractivity (Wildman–Crippen MR) is 83.6 cm³/mol. The molecule has 0 aliphatic rings. The van der Waals surface area contributed by atoms with Gasteiger partial charge in [-0.25, -0.2) is 13.2 Å². The maximum atomic E-state index is 13.9. The number of sulfone groups is 1. The van der Waals surface area contributed by atoms with E-state index in [0.717, 1.165) is 0 Å². The van der Waals surface area contributed by atoms with Crippen molar-refractivity contribution in [1.82, 2.24) is 0 Å². The maximum absolute atomic E-state index is 13.9. The summed E-state index contributed by atoms with van der Waals surface area (Å²) >= 11 is 0. The summed E-state index contributed by atoms with van der Waals surface area (Å²) in [6.45, 7) is 1.05. The van der Waals surface area contributed by atoms with Crippen molar-refractivity contribution in [1.29, 1.82) is 0 Å². The summed E-state index contributed by atoms with van der Waals surface area (Å²) in [5.74, 6) is -57.0. The normalized spacial score (nSPS) is 15.5. The summed E-state index contributed by atoms with van der Waals surface area (Å²) in [7, 11) is -7.45. The number of nitrogens with two attached hydrogens (primary N) is 1. The number of halogens is 17. The zero-order chi connectivity index (χ0) is 30.5. The Bertz CT molecular complexity index is 986. The number of carbonyl (C=O) groups excluding carboxylic acids is 1. The van der Waals surface area contributed by atoms with Gasteiger partial charge in [0.15, 0.2) is 0 Å². The van der Waals surface area contributed by atoms with E-state index in [0.29, 0.717) is 0 Å². The molecule has 23 heteroatoms. The molecule has 2 N–H and O–H groups in total. The van der Waals surface area contributed by atoms with Crippen molar-refractivity contribution in [3.63, 3.8) is 0 Å². The van der Waals surface area contributed by atoms with Gasteiger partial charge in [-0.15, -0.1) is 0 Å².